The number of nitrogens with zero attached hydrogens (tertiary/aromatic N) is 1. The molecule has 1 aromatic rings. The van der Waals surface area contributed by atoms with Crippen LogP contribution in [0.4, 0.5) is 13.2 Å². The molecule has 0 spiro atoms. The third kappa shape index (κ3) is 6.72. The van der Waals surface area contributed by atoms with E-state index in [9.17, 15) is 32.8 Å². The van der Waals surface area contributed by atoms with Gasteiger partial charge in [0.25, 0.3) is 0 Å². The molecule has 1 aromatic carbocycles. The maximum Gasteiger partial charge on any atom is 0.475 e. The van der Waals surface area contributed by atoms with E-state index in [0.29, 0.717) is 11.1 Å². The number of benzene rings is 1. The molecule has 2 amide bonds. The Labute approximate surface area is 155 Å². The Morgan fingerprint density at radius 3 is 2.44 bits per heavy atom. The largest absolute Gasteiger partial charge is 0.475 e. The number of halogens is 3. The molecular weight excluding hydrogens is 364 g/mol. The normalized spacial score (nSPS) is 12.3. The van der Waals surface area contributed by atoms with Crippen LogP contribution in [0.2, 0.25) is 0 Å². The number of hydrogen-bond donors (Lipinski definition) is 3. The number of nitrogens with one attached hydrogen (secondary N) is 1. The minimum atomic E-state index is -4.48. The van der Waals surface area contributed by atoms with Crippen molar-refractivity contribution >= 4 is 18.9 Å². The van der Waals surface area contributed by atoms with Crippen LogP contribution in [-0.4, -0.2) is 52.9 Å². The SMILES string of the molecule is C=CC(=O)N(CC)CC(=O)NC(Cc1ccc(C(F)(F)F)cc1C)B(O)O. The number of alkyl halides is 3. The molecule has 148 valence electrons. The van der Waals surface area contributed by atoms with Gasteiger partial charge in [-0.05, 0) is 49.6 Å². The summed E-state index contributed by atoms with van der Waals surface area (Å²) in [5, 5.41) is 21.4. The monoisotopic (exact) mass is 386 g/mol. The van der Waals surface area contributed by atoms with Crippen LogP contribution in [0.1, 0.15) is 23.6 Å². The number of carbonyl (C=O) groups is 2. The van der Waals surface area contributed by atoms with Gasteiger partial charge in [0.05, 0.1) is 18.0 Å². The molecule has 0 heterocycles. The predicted molar refractivity (Wildman–Crippen MR) is 94.5 cm³/mol. The molecule has 27 heavy (non-hydrogen) atoms. The van der Waals surface area contributed by atoms with Crippen LogP contribution in [0, 0.1) is 6.92 Å². The van der Waals surface area contributed by atoms with Crippen molar-refractivity contribution in [3.05, 3.63) is 47.5 Å². The Kier molecular flexibility index (Phi) is 8.05. The van der Waals surface area contributed by atoms with Crippen LogP contribution < -0.4 is 5.32 Å². The Hall–Kier alpha value is -2.33. The van der Waals surface area contributed by atoms with Gasteiger partial charge in [0, 0.05) is 6.54 Å². The standard InChI is InChI=1S/C17H22BF3N2O4/c1-4-16(25)23(5-2)10-15(24)22-14(18(26)27)9-12-6-7-13(8-11(12)3)17(19,20)21/h4,6-8,14,26-27H,1,5,9-10H2,2-3H3,(H,22,24). The van der Waals surface area contributed by atoms with Crippen LogP contribution in [0.25, 0.3) is 0 Å². The predicted octanol–water partition coefficient (Wildman–Crippen LogP) is 1.09. The lowest BCUT2D eigenvalue weighted by Gasteiger charge is -2.23. The minimum Gasteiger partial charge on any atom is -0.426 e. The van der Waals surface area contributed by atoms with E-state index in [1.807, 2.05) is 0 Å². The van der Waals surface area contributed by atoms with Crippen molar-refractivity contribution < 1.29 is 32.8 Å². The summed E-state index contributed by atoms with van der Waals surface area (Å²) in [7, 11) is -1.93. The lowest BCUT2D eigenvalue weighted by Crippen LogP contribution is -2.51. The summed E-state index contributed by atoms with van der Waals surface area (Å²) in [6.07, 6.45) is -3.51. The van der Waals surface area contributed by atoms with Crippen LogP contribution >= 0.6 is 0 Å². The van der Waals surface area contributed by atoms with Crippen molar-refractivity contribution in [3.8, 4) is 0 Å². The van der Waals surface area contributed by atoms with Gasteiger partial charge in [-0.2, -0.15) is 13.2 Å². The van der Waals surface area contributed by atoms with Crippen LogP contribution in [0.5, 0.6) is 0 Å². The Balaban J connectivity index is 2.87. The van der Waals surface area contributed by atoms with Crippen LogP contribution in [-0.2, 0) is 22.2 Å². The molecular formula is C17H22BF3N2O4. The molecule has 3 N–H and O–H groups in total. The average Bonchev–Trinajstić information content (AvgIpc) is 2.58. The molecule has 0 bridgehead atoms. The number of likely N-dealkylation sites (N-methyl/N-ethyl adjacent to an activating group) is 1. The third-order valence-corrected chi connectivity index (χ3v) is 4.02. The Morgan fingerprint density at radius 2 is 2.00 bits per heavy atom. The Morgan fingerprint density at radius 1 is 1.37 bits per heavy atom. The van der Waals surface area contributed by atoms with E-state index in [4.69, 9.17) is 0 Å². The molecule has 1 atom stereocenters. The summed E-state index contributed by atoms with van der Waals surface area (Å²) in [5.74, 6) is -2.23. The van der Waals surface area contributed by atoms with Crippen molar-refractivity contribution in [3.63, 3.8) is 0 Å². The van der Waals surface area contributed by atoms with E-state index in [2.05, 4.69) is 11.9 Å². The quantitative estimate of drug-likeness (QED) is 0.461. The Bertz CT molecular complexity index is 695. The van der Waals surface area contributed by atoms with Gasteiger partial charge in [0.1, 0.15) is 0 Å². The number of aryl methyl sites for hydroxylation is 1. The first-order valence-electron chi connectivity index (χ1n) is 8.23. The van der Waals surface area contributed by atoms with E-state index >= 15 is 0 Å². The highest BCUT2D eigenvalue weighted by Gasteiger charge is 2.31. The summed E-state index contributed by atoms with van der Waals surface area (Å²) < 4.78 is 38.2. The molecule has 1 unspecified atom stereocenters. The molecule has 0 aliphatic rings. The average molecular weight is 386 g/mol. The second kappa shape index (κ2) is 9.56. The smallest absolute Gasteiger partial charge is 0.426 e. The van der Waals surface area contributed by atoms with E-state index in [1.165, 1.54) is 17.9 Å². The first-order chi connectivity index (χ1) is 12.5. The molecule has 0 saturated heterocycles. The van der Waals surface area contributed by atoms with Crippen molar-refractivity contribution in [1.82, 2.24) is 10.2 Å². The number of hydrogen-bond acceptors (Lipinski definition) is 4. The number of carbonyl (C=O) groups excluding carboxylic acids is 2. The van der Waals surface area contributed by atoms with Gasteiger partial charge in [-0.25, -0.2) is 0 Å². The molecule has 0 fully saturated rings. The molecule has 6 nitrogen and oxygen atoms in total. The minimum absolute atomic E-state index is 0.0884. The molecule has 0 saturated carbocycles. The molecule has 0 aliphatic carbocycles. The van der Waals surface area contributed by atoms with Gasteiger partial charge < -0.3 is 20.3 Å². The summed E-state index contributed by atoms with van der Waals surface area (Å²) in [5.41, 5.74) is -0.0759. The van der Waals surface area contributed by atoms with Gasteiger partial charge >= 0.3 is 13.3 Å². The highest BCUT2D eigenvalue weighted by molar-refractivity contribution is 6.43. The zero-order valence-electron chi connectivity index (χ0n) is 15.1. The topological polar surface area (TPSA) is 89.9 Å². The van der Waals surface area contributed by atoms with E-state index in [1.54, 1.807) is 6.92 Å². The van der Waals surface area contributed by atoms with Crippen LogP contribution in [0.15, 0.2) is 30.9 Å². The fourth-order valence-electron chi connectivity index (χ4n) is 2.47. The van der Waals surface area contributed by atoms with E-state index in [-0.39, 0.29) is 19.5 Å². The summed E-state index contributed by atoms with van der Waals surface area (Å²) >= 11 is 0. The fourth-order valence-corrected chi connectivity index (χ4v) is 2.47. The molecule has 1 rings (SSSR count). The first kappa shape index (κ1) is 22.7. The van der Waals surface area contributed by atoms with Crippen molar-refractivity contribution in [2.45, 2.75) is 32.4 Å². The summed E-state index contributed by atoms with van der Waals surface area (Å²) in [6.45, 7) is 6.41. The molecule has 10 heteroatoms. The van der Waals surface area contributed by atoms with Crippen molar-refractivity contribution in [1.29, 1.82) is 0 Å². The summed E-state index contributed by atoms with van der Waals surface area (Å²) in [6, 6.07) is 3.09. The number of amides is 2. The molecule has 0 aliphatic heterocycles. The maximum atomic E-state index is 12.7. The van der Waals surface area contributed by atoms with Gasteiger partial charge in [0.15, 0.2) is 0 Å². The van der Waals surface area contributed by atoms with Gasteiger partial charge in [-0.1, -0.05) is 12.6 Å². The second-order valence-electron chi connectivity index (χ2n) is 5.99. The van der Waals surface area contributed by atoms with Gasteiger partial charge in [-0.15, -0.1) is 0 Å². The zero-order valence-corrected chi connectivity index (χ0v) is 15.1. The first-order valence-corrected chi connectivity index (χ1v) is 8.23. The lowest BCUT2D eigenvalue weighted by atomic mass is 9.75. The van der Waals surface area contributed by atoms with E-state index in [0.717, 1.165) is 18.2 Å². The molecule has 0 radical (unpaired) electrons. The van der Waals surface area contributed by atoms with Gasteiger partial charge in [0.2, 0.25) is 11.8 Å². The highest BCUT2D eigenvalue weighted by atomic mass is 19.4. The lowest BCUT2D eigenvalue weighted by molar-refractivity contribution is -0.137. The highest BCUT2D eigenvalue weighted by Crippen LogP contribution is 2.30. The maximum absolute atomic E-state index is 12.7. The third-order valence-electron chi connectivity index (χ3n) is 4.02. The van der Waals surface area contributed by atoms with Gasteiger partial charge in [-0.3, -0.25) is 9.59 Å². The van der Waals surface area contributed by atoms with Crippen LogP contribution in [0.3, 0.4) is 0 Å². The molecule has 0 aromatic heterocycles. The fraction of sp³-hybridized carbons (Fsp3) is 0.412. The second-order valence-corrected chi connectivity index (χ2v) is 5.99. The zero-order chi connectivity index (χ0) is 20.8. The van der Waals surface area contributed by atoms with Crippen molar-refractivity contribution in [2.24, 2.45) is 0 Å². The summed E-state index contributed by atoms with van der Waals surface area (Å²) in [4.78, 5) is 24.9. The van der Waals surface area contributed by atoms with Crippen molar-refractivity contribution in [2.75, 3.05) is 13.1 Å². The van der Waals surface area contributed by atoms with E-state index < -0.39 is 36.6 Å². The number of rotatable bonds is 8.